The summed E-state index contributed by atoms with van der Waals surface area (Å²) in [5.41, 5.74) is 3.58. The van der Waals surface area contributed by atoms with Crippen LogP contribution in [0.3, 0.4) is 0 Å². The highest BCUT2D eigenvalue weighted by Gasteiger charge is 2.31. The third-order valence-corrected chi connectivity index (χ3v) is 7.19. The minimum absolute atomic E-state index is 0.0738. The molecule has 1 fully saturated rings. The fraction of sp³-hybridized carbons (Fsp3) is 0.478. The molecule has 29 heavy (non-hydrogen) atoms. The van der Waals surface area contributed by atoms with Crippen LogP contribution in [0.1, 0.15) is 50.1 Å². The summed E-state index contributed by atoms with van der Waals surface area (Å²) in [6.45, 7) is 7.49. The molecule has 0 radical (unpaired) electrons. The number of carbonyl (C=O) groups excluding carboxylic acids is 2. The van der Waals surface area contributed by atoms with Crippen LogP contribution in [-0.4, -0.2) is 54.8 Å². The van der Waals surface area contributed by atoms with Crippen molar-refractivity contribution in [1.82, 2.24) is 9.80 Å². The Morgan fingerprint density at radius 1 is 1.17 bits per heavy atom. The van der Waals surface area contributed by atoms with Crippen molar-refractivity contribution in [1.29, 1.82) is 0 Å². The Morgan fingerprint density at radius 3 is 2.66 bits per heavy atom. The molecule has 1 N–H and O–H groups in total. The van der Waals surface area contributed by atoms with E-state index in [2.05, 4.69) is 24.2 Å². The van der Waals surface area contributed by atoms with Crippen molar-refractivity contribution >= 4 is 28.2 Å². The molecule has 1 aliphatic carbocycles. The number of fused-ring (bicyclic) bond motifs is 1. The number of benzene rings is 1. The Bertz CT molecular complexity index is 928. The van der Waals surface area contributed by atoms with E-state index in [-0.39, 0.29) is 11.8 Å². The second kappa shape index (κ2) is 8.28. The predicted molar refractivity (Wildman–Crippen MR) is 118 cm³/mol. The summed E-state index contributed by atoms with van der Waals surface area (Å²) in [7, 11) is 2.09. The van der Waals surface area contributed by atoms with Gasteiger partial charge in [0.15, 0.2) is 0 Å². The molecule has 1 atom stereocenters. The van der Waals surface area contributed by atoms with Gasteiger partial charge in [-0.05, 0) is 56.8 Å². The first-order chi connectivity index (χ1) is 13.9. The zero-order valence-corrected chi connectivity index (χ0v) is 18.3. The molecule has 1 aromatic heterocycles. The zero-order valence-electron chi connectivity index (χ0n) is 17.5. The lowest BCUT2D eigenvalue weighted by molar-refractivity contribution is 0.0664. The Morgan fingerprint density at radius 2 is 1.93 bits per heavy atom. The van der Waals surface area contributed by atoms with Gasteiger partial charge in [-0.1, -0.05) is 24.6 Å². The van der Waals surface area contributed by atoms with Gasteiger partial charge in [0.2, 0.25) is 0 Å². The van der Waals surface area contributed by atoms with Crippen LogP contribution in [0.5, 0.6) is 0 Å². The van der Waals surface area contributed by atoms with E-state index < -0.39 is 0 Å². The lowest BCUT2D eigenvalue weighted by Gasteiger charge is -2.33. The molecule has 6 heteroatoms. The number of aryl methyl sites for hydroxylation is 1. The van der Waals surface area contributed by atoms with E-state index in [1.165, 1.54) is 4.88 Å². The van der Waals surface area contributed by atoms with Crippen molar-refractivity contribution in [3.05, 3.63) is 51.4 Å². The summed E-state index contributed by atoms with van der Waals surface area (Å²) < 4.78 is 0. The predicted octanol–water partition coefficient (Wildman–Crippen LogP) is 3.82. The number of hydrogen-bond acceptors (Lipinski definition) is 4. The summed E-state index contributed by atoms with van der Waals surface area (Å²) in [5.74, 6) is 0.547. The highest BCUT2D eigenvalue weighted by molar-refractivity contribution is 7.17. The molecule has 1 aliphatic heterocycles. The standard InChI is InChI=1S/C23H29N3O2S/c1-15-5-4-6-17(13-15)21(27)24-22-20(18-8-7-16(2)14-19(18)29-22)23(28)26-11-9-25(3)10-12-26/h4-6,13,16H,7-12,14H2,1-3H3,(H,24,27)/t16-/m0/s1. The van der Waals surface area contributed by atoms with Crippen molar-refractivity contribution in [3.8, 4) is 0 Å². The summed E-state index contributed by atoms with van der Waals surface area (Å²) >= 11 is 1.60. The topological polar surface area (TPSA) is 52.7 Å². The van der Waals surface area contributed by atoms with Crippen LogP contribution in [0.4, 0.5) is 5.00 Å². The normalized spacial score (nSPS) is 19.7. The molecule has 2 heterocycles. The molecule has 2 aromatic rings. The number of likely N-dealkylation sites (N-methyl/N-ethyl adjacent to an activating group) is 1. The van der Waals surface area contributed by atoms with E-state index in [0.717, 1.165) is 67.1 Å². The van der Waals surface area contributed by atoms with Gasteiger partial charge in [0.05, 0.1) is 5.56 Å². The summed E-state index contributed by atoms with van der Waals surface area (Å²) in [5, 5.41) is 3.80. The van der Waals surface area contributed by atoms with Gasteiger partial charge in [-0.3, -0.25) is 9.59 Å². The van der Waals surface area contributed by atoms with Crippen LogP contribution < -0.4 is 5.32 Å². The summed E-state index contributed by atoms with van der Waals surface area (Å²) in [6, 6.07) is 7.57. The molecule has 154 valence electrons. The first-order valence-electron chi connectivity index (χ1n) is 10.4. The first-order valence-corrected chi connectivity index (χ1v) is 11.2. The number of nitrogens with one attached hydrogen (secondary N) is 1. The lowest BCUT2D eigenvalue weighted by Crippen LogP contribution is -2.47. The van der Waals surface area contributed by atoms with Crippen LogP contribution in [0.15, 0.2) is 24.3 Å². The van der Waals surface area contributed by atoms with Gasteiger partial charge in [0, 0.05) is 36.6 Å². The Hall–Kier alpha value is -2.18. The molecule has 0 spiro atoms. The van der Waals surface area contributed by atoms with Gasteiger partial charge >= 0.3 is 0 Å². The monoisotopic (exact) mass is 411 g/mol. The molecular weight excluding hydrogens is 382 g/mol. The number of hydrogen-bond donors (Lipinski definition) is 1. The Kier molecular flexibility index (Phi) is 5.74. The smallest absolute Gasteiger partial charge is 0.257 e. The lowest BCUT2D eigenvalue weighted by atomic mass is 9.88. The van der Waals surface area contributed by atoms with Crippen molar-refractivity contribution in [3.63, 3.8) is 0 Å². The van der Waals surface area contributed by atoms with E-state index in [9.17, 15) is 9.59 Å². The molecule has 4 rings (SSSR count). The fourth-order valence-electron chi connectivity index (χ4n) is 4.19. The molecule has 1 aromatic carbocycles. The van der Waals surface area contributed by atoms with Gasteiger partial charge in [-0.15, -0.1) is 11.3 Å². The van der Waals surface area contributed by atoms with E-state index >= 15 is 0 Å². The molecule has 0 saturated carbocycles. The Labute approximate surface area is 176 Å². The SMILES string of the molecule is Cc1cccc(C(=O)Nc2sc3c(c2C(=O)N2CCN(C)CC2)CC[C@H](C)C3)c1. The highest BCUT2D eigenvalue weighted by atomic mass is 32.1. The van der Waals surface area contributed by atoms with Crippen LogP contribution >= 0.6 is 11.3 Å². The van der Waals surface area contributed by atoms with Gasteiger partial charge < -0.3 is 15.1 Å². The van der Waals surface area contributed by atoms with Gasteiger partial charge in [-0.25, -0.2) is 0 Å². The van der Waals surface area contributed by atoms with Crippen LogP contribution in [0.25, 0.3) is 0 Å². The first kappa shape index (κ1) is 20.1. The van der Waals surface area contributed by atoms with Gasteiger partial charge in [0.25, 0.3) is 11.8 Å². The maximum Gasteiger partial charge on any atom is 0.257 e. The van der Waals surface area contributed by atoms with Crippen LogP contribution in [0, 0.1) is 12.8 Å². The fourth-order valence-corrected chi connectivity index (χ4v) is 5.59. The second-order valence-corrected chi connectivity index (χ2v) is 9.58. The maximum absolute atomic E-state index is 13.5. The molecule has 0 unspecified atom stereocenters. The number of nitrogens with zero attached hydrogens (tertiary/aromatic N) is 2. The molecule has 5 nitrogen and oxygen atoms in total. The van der Waals surface area contributed by atoms with E-state index in [0.29, 0.717) is 11.5 Å². The van der Waals surface area contributed by atoms with Crippen molar-refractivity contribution in [2.24, 2.45) is 5.92 Å². The average Bonchev–Trinajstić information content (AvgIpc) is 3.04. The Balaban J connectivity index is 1.66. The maximum atomic E-state index is 13.5. The van der Waals surface area contributed by atoms with Crippen LogP contribution in [0.2, 0.25) is 0 Å². The number of thiophene rings is 1. The van der Waals surface area contributed by atoms with Crippen molar-refractivity contribution in [2.45, 2.75) is 33.1 Å². The quantitative estimate of drug-likeness (QED) is 0.835. The molecule has 1 saturated heterocycles. The van der Waals surface area contributed by atoms with Gasteiger partial charge in [-0.2, -0.15) is 0 Å². The molecule has 0 bridgehead atoms. The van der Waals surface area contributed by atoms with Gasteiger partial charge in [0.1, 0.15) is 5.00 Å². The van der Waals surface area contributed by atoms with Crippen LogP contribution in [-0.2, 0) is 12.8 Å². The summed E-state index contributed by atoms with van der Waals surface area (Å²) in [6.07, 6.45) is 3.00. The second-order valence-electron chi connectivity index (χ2n) is 8.47. The average molecular weight is 412 g/mol. The third-order valence-electron chi connectivity index (χ3n) is 6.02. The number of amides is 2. The summed E-state index contributed by atoms with van der Waals surface area (Å²) in [4.78, 5) is 31.8. The van der Waals surface area contributed by atoms with Crippen molar-refractivity contribution in [2.75, 3.05) is 38.5 Å². The van der Waals surface area contributed by atoms with E-state index in [1.54, 1.807) is 11.3 Å². The molecular formula is C23H29N3O2S. The number of anilines is 1. The van der Waals surface area contributed by atoms with E-state index in [4.69, 9.17) is 0 Å². The van der Waals surface area contributed by atoms with E-state index in [1.807, 2.05) is 36.1 Å². The minimum Gasteiger partial charge on any atom is -0.336 e. The number of piperazine rings is 1. The minimum atomic E-state index is -0.146. The zero-order chi connectivity index (χ0) is 20.5. The number of rotatable bonds is 3. The molecule has 2 aliphatic rings. The van der Waals surface area contributed by atoms with Crippen molar-refractivity contribution < 1.29 is 9.59 Å². The largest absolute Gasteiger partial charge is 0.336 e. The number of carbonyl (C=O) groups is 2. The highest BCUT2D eigenvalue weighted by Crippen LogP contribution is 2.40. The third kappa shape index (κ3) is 4.23. The molecule has 2 amide bonds.